The Labute approximate surface area is 190 Å². The zero-order valence-corrected chi connectivity index (χ0v) is 18.0. The lowest BCUT2D eigenvalue weighted by Crippen LogP contribution is -2.53. The van der Waals surface area contributed by atoms with Crippen molar-refractivity contribution in [1.29, 1.82) is 5.26 Å². The van der Waals surface area contributed by atoms with E-state index in [2.05, 4.69) is 20.4 Å². The van der Waals surface area contributed by atoms with Crippen molar-refractivity contribution in [2.24, 2.45) is 5.92 Å². The summed E-state index contributed by atoms with van der Waals surface area (Å²) in [6, 6.07) is 12.6. The van der Waals surface area contributed by atoms with Crippen molar-refractivity contribution in [3.05, 3.63) is 59.5 Å². The molecule has 0 unspecified atom stereocenters. The van der Waals surface area contributed by atoms with Crippen LogP contribution in [0.25, 0.3) is 10.9 Å². The van der Waals surface area contributed by atoms with Crippen LogP contribution in [0, 0.1) is 23.1 Å². The van der Waals surface area contributed by atoms with E-state index in [-0.39, 0.29) is 23.9 Å². The number of hydrogen-bond acceptors (Lipinski definition) is 7. The van der Waals surface area contributed by atoms with Gasteiger partial charge in [-0.1, -0.05) is 12.1 Å². The second kappa shape index (κ2) is 9.00. The molecule has 2 aliphatic heterocycles. The van der Waals surface area contributed by atoms with Gasteiger partial charge in [-0.15, -0.1) is 0 Å². The van der Waals surface area contributed by atoms with Crippen molar-refractivity contribution in [3.63, 3.8) is 0 Å². The molecule has 2 aliphatic rings. The van der Waals surface area contributed by atoms with Crippen LogP contribution in [0.5, 0.6) is 0 Å². The van der Waals surface area contributed by atoms with E-state index in [1.807, 2.05) is 29.2 Å². The van der Waals surface area contributed by atoms with E-state index >= 15 is 0 Å². The van der Waals surface area contributed by atoms with E-state index in [1.54, 1.807) is 18.3 Å². The first kappa shape index (κ1) is 21.1. The minimum Gasteiger partial charge on any atom is -0.380 e. The summed E-state index contributed by atoms with van der Waals surface area (Å²) in [6.45, 7) is 4.15. The maximum absolute atomic E-state index is 14.4. The minimum absolute atomic E-state index is 0.0168. The third-order valence-electron chi connectivity index (χ3n) is 6.23. The first-order valence-corrected chi connectivity index (χ1v) is 10.9. The van der Waals surface area contributed by atoms with Crippen molar-refractivity contribution in [3.8, 4) is 6.07 Å². The number of nitriles is 1. The Morgan fingerprint density at radius 1 is 1.21 bits per heavy atom. The lowest BCUT2D eigenvalue weighted by Gasteiger charge is -2.39. The molecule has 9 heteroatoms. The van der Waals surface area contributed by atoms with Gasteiger partial charge in [0.1, 0.15) is 11.9 Å². The van der Waals surface area contributed by atoms with Crippen molar-refractivity contribution in [2.45, 2.75) is 6.54 Å². The van der Waals surface area contributed by atoms with Gasteiger partial charge in [0, 0.05) is 49.4 Å². The summed E-state index contributed by atoms with van der Waals surface area (Å²) in [7, 11) is 0. The van der Waals surface area contributed by atoms with Crippen LogP contribution < -0.4 is 10.2 Å². The molecule has 8 nitrogen and oxygen atoms in total. The number of piperazine rings is 1. The number of hydrogen-bond donors (Lipinski definition) is 1. The van der Waals surface area contributed by atoms with Gasteiger partial charge in [-0.2, -0.15) is 15.5 Å². The fourth-order valence-corrected chi connectivity index (χ4v) is 4.20. The standard InChI is InChI=1S/C24H23FN6O2/c25-23-16(11-26)2-1-3-17(23)12-27-22-13-28-29-21-5-4-19(10-20(21)22)30-6-8-31(9-7-30)24(32)18-14-33-15-18/h1-5,10,13,18H,6-9,12,14-15H2,(H,27,29). The van der Waals surface area contributed by atoms with E-state index in [1.165, 1.54) is 6.07 Å². The molecule has 1 N–H and O–H groups in total. The number of nitrogens with zero attached hydrogens (tertiary/aromatic N) is 5. The summed E-state index contributed by atoms with van der Waals surface area (Å²) >= 11 is 0. The number of aromatic nitrogens is 2. The second-order valence-electron chi connectivity index (χ2n) is 8.25. The Bertz CT molecular complexity index is 1230. The molecule has 3 heterocycles. The maximum Gasteiger partial charge on any atom is 0.230 e. The summed E-state index contributed by atoms with van der Waals surface area (Å²) in [4.78, 5) is 16.6. The van der Waals surface area contributed by atoms with Gasteiger partial charge in [-0.3, -0.25) is 4.79 Å². The number of carbonyl (C=O) groups is 1. The van der Waals surface area contributed by atoms with Crippen molar-refractivity contribution < 1.29 is 13.9 Å². The summed E-state index contributed by atoms with van der Waals surface area (Å²) in [5.74, 6) is -0.308. The fraction of sp³-hybridized carbons (Fsp3) is 0.333. The zero-order chi connectivity index (χ0) is 22.8. The highest BCUT2D eigenvalue weighted by Gasteiger charge is 2.32. The molecule has 2 fully saturated rings. The molecule has 1 aromatic heterocycles. The van der Waals surface area contributed by atoms with Crippen molar-refractivity contribution in [2.75, 3.05) is 49.6 Å². The average molecular weight is 446 g/mol. The third kappa shape index (κ3) is 4.17. The molecule has 0 spiro atoms. The highest BCUT2D eigenvalue weighted by atomic mass is 19.1. The Hall–Kier alpha value is -3.77. The quantitative estimate of drug-likeness (QED) is 0.644. The molecule has 3 aromatic rings. The molecule has 0 saturated carbocycles. The molecular weight excluding hydrogens is 423 g/mol. The highest BCUT2D eigenvalue weighted by molar-refractivity contribution is 5.93. The normalized spacial score (nSPS) is 16.4. The van der Waals surface area contributed by atoms with Crippen LogP contribution in [-0.4, -0.2) is 60.4 Å². The molecule has 5 rings (SSSR count). The maximum atomic E-state index is 14.4. The van der Waals surface area contributed by atoms with Crippen LogP contribution >= 0.6 is 0 Å². The molecule has 33 heavy (non-hydrogen) atoms. The molecule has 0 aliphatic carbocycles. The van der Waals surface area contributed by atoms with E-state index in [0.717, 1.165) is 35.4 Å². The van der Waals surface area contributed by atoms with Gasteiger partial charge < -0.3 is 19.9 Å². The minimum atomic E-state index is -0.514. The first-order valence-electron chi connectivity index (χ1n) is 10.9. The van der Waals surface area contributed by atoms with Crippen LogP contribution in [0.4, 0.5) is 15.8 Å². The number of ether oxygens (including phenoxy) is 1. The number of halogens is 1. The van der Waals surface area contributed by atoms with E-state index < -0.39 is 5.82 Å². The van der Waals surface area contributed by atoms with Crippen LogP contribution in [0.1, 0.15) is 11.1 Å². The van der Waals surface area contributed by atoms with Crippen LogP contribution in [0.15, 0.2) is 42.6 Å². The highest BCUT2D eigenvalue weighted by Crippen LogP contribution is 2.28. The van der Waals surface area contributed by atoms with Gasteiger partial charge in [0.25, 0.3) is 0 Å². The SMILES string of the molecule is N#Cc1cccc(CNc2cnnc3ccc(N4CCN(C(=O)C5COC5)CC4)cc23)c1F. The second-order valence-corrected chi connectivity index (χ2v) is 8.25. The Morgan fingerprint density at radius 2 is 2.03 bits per heavy atom. The zero-order valence-electron chi connectivity index (χ0n) is 18.0. The van der Waals surface area contributed by atoms with Gasteiger partial charge in [0.05, 0.1) is 42.1 Å². The molecule has 2 aromatic carbocycles. The monoisotopic (exact) mass is 446 g/mol. The summed E-state index contributed by atoms with van der Waals surface area (Å²) < 4.78 is 19.6. The smallest absolute Gasteiger partial charge is 0.230 e. The van der Waals surface area contributed by atoms with E-state index in [9.17, 15) is 9.18 Å². The van der Waals surface area contributed by atoms with Crippen molar-refractivity contribution >= 4 is 28.2 Å². The number of amides is 1. The Kier molecular flexibility index (Phi) is 5.75. The summed E-state index contributed by atoms with van der Waals surface area (Å²) in [6.07, 6.45) is 1.62. The molecule has 0 radical (unpaired) electrons. The molecule has 168 valence electrons. The lowest BCUT2D eigenvalue weighted by atomic mass is 10.1. The number of rotatable bonds is 5. The molecule has 0 bridgehead atoms. The predicted octanol–water partition coefficient (Wildman–Crippen LogP) is 2.55. The van der Waals surface area contributed by atoms with Gasteiger partial charge in [-0.05, 0) is 24.3 Å². The van der Waals surface area contributed by atoms with Crippen LogP contribution in [0.2, 0.25) is 0 Å². The fourth-order valence-electron chi connectivity index (χ4n) is 4.20. The lowest BCUT2D eigenvalue weighted by molar-refractivity contribution is -0.150. The number of fused-ring (bicyclic) bond motifs is 1. The number of nitrogens with one attached hydrogen (secondary N) is 1. The molecular formula is C24H23FN6O2. The first-order chi connectivity index (χ1) is 16.1. The van der Waals surface area contributed by atoms with Crippen LogP contribution in [0.3, 0.4) is 0 Å². The van der Waals surface area contributed by atoms with Gasteiger partial charge in [-0.25, -0.2) is 4.39 Å². The van der Waals surface area contributed by atoms with Crippen molar-refractivity contribution in [1.82, 2.24) is 15.1 Å². The molecule has 2 saturated heterocycles. The molecule has 0 atom stereocenters. The summed E-state index contributed by atoms with van der Waals surface area (Å²) in [5, 5.41) is 21.4. The largest absolute Gasteiger partial charge is 0.380 e. The van der Waals surface area contributed by atoms with E-state index in [0.29, 0.717) is 31.9 Å². The topological polar surface area (TPSA) is 94.4 Å². The number of benzene rings is 2. The Morgan fingerprint density at radius 3 is 2.76 bits per heavy atom. The van der Waals surface area contributed by atoms with Gasteiger partial charge in [0.2, 0.25) is 5.91 Å². The van der Waals surface area contributed by atoms with Gasteiger partial charge in [0.15, 0.2) is 0 Å². The molecule has 1 amide bonds. The Balaban J connectivity index is 1.31. The predicted molar refractivity (Wildman–Crippen MR) is 121 cm³/mol. The van der Waals surface area contributed by atoms with Gasteiger partial charge >= 0.3 is 0 Å². The van der Waals surface area contributed by atoms with E-state index in [4.69, 9.17) is 10.00 Å². The van der Waals surface area contributed by atoms with Crippen LogP contribution in [-0.2, 0) is 16.1 Å². The number of carbonyl (C=O) groups excluding carboxylic acids is 1. The average Bonchev–Trinajstić information content (AvgIpc) is 2.82. The number of anilines is 2. The summed E-state index contributed by atoms with van der Waals surface area (Å²) in [5.41, 5.74) is 2.94. The third-order valence-corrected chi connectivity index (χ3v) is 6.23.